The van der Waals surface area contributed by atoms with Crippen LogP contribution >= 0.6 is 34.7 Å². The summed E-state index contributed by atoms with van der Waals surface area (Å²) in [5.74, 6) is 0.696. The first kappa shape index (κ1) is 22.5. The van der Waals surface area contributed by atoms with Crippen LogP contribution in [0.3, 0.4) is 0 Å². The summed E-state index contributed by atoms with van der Waals surface area (Å²) in [6.07, 6.45) is 1.78. The van der Waals surface area contributed by atoms with E-state index in [1.54, 1.807) is 18.0 Å². The van der Waals surface area contributed by atoms with Crippen LogP contribution in [0.4, 0.5) is 11.5 Å². The standard InChI is InChI=1S/C28H16ClN5S2/c29-18-7-5-17(6-8-18)26-22-3-1-2-4-23(22)28(34-33-26)32-19-9-11-20(12-10-19)35-25-13-14-31-24-15-21(16-30)36-27(24)25/h1-15H,(H,32,34). The normalized spacial score (nSPS) is 11.0. The maximum atomic E-state index is 9.22. The fourth-order valence-electron chi connectivity index (χ4n) is 3.94. The van der Waals surface area contributed by atoms with Gasteiger partial charge in [0.25, 0.3) is 0 Å². The molecule has 5 nitrogen and oxygen atoms in total. The van der Waals surface area contributed by atoms with Crippen molar-refractivity contribution in [2.45, 2.75) is 9.79 Å². The number of aromatic nitrogens is 3. The predicted octanol–water partition coefficient (Wildman–Crippen LogP) is 8.33. The summed E-state index contributed by atoms with van der Waals surface area (Å²) >= 11 is 9.19. The van der Waals surface area contributed by atoms with Crippen molar-refractivity contribution in [3.63, 3.8) is 0 Å². The molecule has 36 heavy (non-hydrogen) atoms. The molecular formula is C28H16ClN5S2. The molecule has 172 valence electrons. The minimum absolute atomic E-state index is 0.667. The van der Waals surface area contributed by atoms with Gasteiger partial charge in [-0.25, -0.2) is 0 Å². The Balaban J connectivity index is 1.27. The van der Waals surface area contributed by atoms with Gasteiger partial charge in [0.15, 0.2) is 5.82 Å². The average Bonchev–Trinajstić information content (AvgIpc) is 3.35. The van der Waals surface area contributed by atoms with Crippen molar-refractivity contribution in [2.75, 3.05) is 5.32 Å². The second-order valence-electron chi connectivity index (χ2n) is 7.95. The Morgan fingerprint density at radius 1 is 0.889 bits per heavy atom. The second-order valence-corrected chi connectivity index (χ2v) is 10.6. The molecule has 0 aliphatic heterocycles. The highest BCUT2D eigenvalue weighted by Crippen LogP contribution is 2.37. The van der Waals surface area contributed by atoms with Crippen molar-refractivity contribution in [3.8, 4) is 17.3 Å². The van der Waals surface area contributed by atoms with Gasteiger partial charge in [0.2, 0.25) is 0 Å². The van der Waals surface area contributed by atoms with Crippen LogP contribution in [0, 0.1) is 11.3 Å². The topological polar surface area (TPSA) is 74.5 Å². The quantitative estimate of drug-likeness (QED) is 0.246. The van der Waals surface area contributed by atoms with Gasteiger partial charge in [-0.3, -0.25) is 4.98 Å². The van der Waals surface area contributed by atoms with E-state index in [1.807, 2.05) is 66.7 Å². The van der Waals surface area contributed by atoms with Crippen LogP contribution < -0.4 is 5.32 Å². The molecule has 3 aromatic heterocycles. The molecule has 1 N–H and O–H groups in total. The number of benzene rings is 3. The van der Waals surface area contributed by atoms with E-state index in [0.717, 1.165) is 47.7 Å². The first-order valence-corrected chi connectivity index (χ1v) is 13.0. The first-order chi connectivity index (χ1) is 17.7. The highest BCUT2D eigenvalue weighted by atomic mass is 35.5. The van der Waals surface area contributed by atoms with Crippen molar-refractivity contribution in [2.24, 2.45) is 0 Å². The Kier molecular flexibility index (Phi) is 5.99. The molecule has 0 saturated heterocycles. The van der Waals surface area contributed by atoms with Gasteiger partial charge in [0, 0.05) is 43.0 Å². The lowest BCUT2D eigenvalue weighted by Crippen LogP contribution is -1.99. The number of anilines is 2. The Bertz CT molecular complexity index is 1760. The van der Waals surface area contributed by atoms with E-state index in [0.29, 0.717) is 15.7 Å². The smallest absolute Gasteiger partial charge is 0.161 e. The van der Waals surface area contributed by atoms with E-state index in [1.165, 1.54) is 11.3 Å². The lowest BCUT2D eigenvalue weighted by atomic mass is 10.0. The van der Waals surface area contributed by atoms with E-state index >= 15 is 0 Å². The third-order valence-corrected chi connectivity index (χ3v) is 8.15. The van der Waals surface area contributed by atoms with E-state index in [4.69, 9.17) is 11.6 Å². The molecule has 0 bridgehead atoms. The maximum Gasteiger partial charge on any atom is 0.161 e. The summed E-state index contributed by atoms with van der Waals surface area (Å²) in [5.41, 5.74) is 3.55. The van der Waals surface area contributed by atoms with Gasteiger partial charge in [0.05, 0.1) is 10.2 Å². The van der Waals surface area contributed by atoms with Crippen molar-refractivity contribution in [1.82, 2.24) is 15.2 Å². The molecule has 8 heteroatoms. The summed E-state index contributed by atoms with van der Waals surface area (Å²) in [4.78, 5) is 7.23. The van der Waals surface area contributed by atoms with Crippen LogP contribution in [0.1, 0.15) is 4.88 Å². The summed E-state index contributed by atoms with van der Waals surface area (Å²) < 4.78 is 1.03. The number of thiophene rings is 1. The third-order valence-electron chi connectivity index (χ3n) is 5.64. The first-order valence-electron chi connectivity index (χ1n) is 11.0. The van der Waals surface area contributed by atoms with Crippen LogP contribution in [0.2, 0.25) is 5.02 Å². The number of pyridine rings is 1. The minimum Gasteiger partial charge on any atom is -0.338 e. The third kappa shape index (κ3) is 4.38. The van der Waals surface area contributed by atoms with E-state index in [-0.39, 0.29) is 0 Å². The van der Waals surface area contributed by atoms with Crippen LogP contribution in [0.15, 0.2) is 101 Å². The molecule has 0 atom stereocenters. The number of fused-ring (bicyclic) bond motifs is 2. The fraction of sp³-hybridized carbons (Fsp3) is 0. The molecule has 0 saturated carbocycles. The lowest BCUT2D eigenvalue weighted by molar-refractivity contribution is 1.06. The van der Waals surface area contributed by atoms with Crippen LogP contribution in [-0.2, 0) is 0 Å². The number of nitrogens with zero attached hydrogens (tertiary/aromatic N) is 4. The summed E-state index contributed by atoms with van der Waals surface area (Å²) in [6.45, 7) is 0. The molecule has 0 aliphatic rings. The van der Waals surface area contributed by atoms with Gasteiger partial charge in [0.1, 0.15) is 16.6 Å². The molecule has 0 fully saturated rings. The SMILES string of the molecule is N#Cc1cc2nccc(Sc3ccc(Nc4nnc(-c5ccc(Cl)cc5)c5ccccc45)cc3)c2s1. The summed E-state index contributed by atoms with van der Waals surface area (Å²) in [5, 5.41) is 24.4. The number of hydrogen-bond acceptors (Lipinski definition) is 7. The average molecular weight is 522 g/mol. The minimum atomic E-state index is 0.667. The van der Waals surface area contributed by atoms with Crippen molar-refractivity contribution < 1.29 is 0 Å². The number of nitrogens with one attached hydrogen (secondary N) is 1. The lowest BCUT2D eigenvalue weighted by Gasteiger charge is -2.12. The Morgan fingerprint density at radius 2 is 1.67 bits per heavy atom. The highest BCUT2D eigenvalue weighted by molar-refractivity contribution is 7.99. The monoisotopic (exact) mass is 521 g/mol. The molecule has 3 heterocycles. The van der Waals surface area contributed by atoms with E-state index in [9.17, 15) is 5.26 Å². The van der Waals surface area contributed by atoms with Crippen molar-refractivity contribution in [3.05, 3.63) is 101 Å². The van der Waals surface area contributed by atoms with Crippen molar-refractivity contribution in [1.29, 1.82) is 5.26 Å². The van der Waals surface area contributed by atoms with Crippen LogP contribution in [-0.4, -0.2) is 15.2 Å². The molecule has 6 rings (SSSR count). The molecule has 0 radical (unpaired) electrons. The number of halogens is 1. The molecule has 0 spiro atoms. The summed E-state index contributed by atoms with van der Waals surface area (Å²) in [6, 6.07) is 29.9. The van der Waals surface area contributed by atoms with Crippen LogP contribution in [0.25, 0.3) is 32.2 Å². The summed E-state index contributed by atoms with van der Waals surface area (Å²) in [7, 11) is 0. The molecule has 3 aromatic carbocycles. The Labute approximate surface area is 220 Å². The van der Waals surface area contributed by atoms with Gasteiger partial charge >= 0.3 is 0 Å². The van der Waals surface area contributed by atoms with Crippen molar-refractivity contribution >= 4 is 67.2 Å². The zero-order chi connectivity index (χ0) is 24.5. The molecule has 0 amide bonds. The number of hydrogen-bond donors (Lipinski definition) is 1. The number of nitriles is 1. The fourth-order valence-corrected chi connectivity index (χ4v) is 5.99. The molecule has 6 aromatic rings. The van der Waals surface area contributed by atoms with Gasteiger partial charge < -0.3 is 5.32 Å². The zero-order valence-electron chi connectivity index (χ0n) is 18.6. The molecule has 0 aliphatic carbocycles. The molecular weight excluding hydrogens is 506 g/mol. The second kappa shape index (κ2) is 9.59. The Hall–Kier alpha value is -3.96. The predicted molar refractivity (Wildman–Crippen MR) is 148 cm³/mol. The van der Waals surface area contributed by atoms with Gasteiger partial charge in [-0.2, -0.15) is 5.26 Å². The van der Waals surface area contributed by atoms with Gasteiger partial charge in [-0.15, -0.1) is 21.5 Å². The Morgan fingerprint density at radius 3 is 2.44 bits per heavy atom. The van der Waals surface area contributed by atoms with E-state index in [2.05, 4.69) is 44.8 Å². The van der Waals surface area contributed by atoms with Crippen LogP contribution in [0.5, 0.6) is 0 Å². The largest absolute Gasteiger partial charge is 0.338 e. The molecule has 0 unspecified atom stereocenters. The maximum absolute atomic E-state index is 9.22. The van der Waals surface area contributed by atoms with E-state index < -0.39 is 0 Å². The van der Waals surface area contributed by atoms with Gasteiger partial charge in [-0.05, 0) is 48.5 Å². The highest BCUT2D eigenvalue weighted by Gasteiger charge is 2.12. The number of rotatable bonds is 5. The zero-order valence-corrected chi connectivity index (χ0v) is 21.0. The van der Waals surface area contributed by atoms with Gasteiger partial charge in [-0.1, -0.05) is 59.8 Å².